The number of hydrogen-bond acceptors (Lipinski definition) is 7. The Balaban J connectivity index is 0.00000171. The Morgan fingerprint density at radius 3 is 2.58 bits per heavy atom. The van der Waals surface area contributed by atoms with Gasteiger partial charge in [0.15, 0.2) is 5.82 Å². The number of aromatic amines is 1. The van der Waals surface area contributed by atoms with E-state index in [2.05, 4.69) is 49.4 Å². The van der Waals surface area contributed by atoms with Crippen molar-refractivity contribution >= 4 is 42.8 Å². The normalized spacial score (nSPS) is 16.2. The molecule has 0 aliphatic carbocycles. The van der Waals surface area contributed by atoms with Crippen LogP contribution in [0.1, 0.15) is 25.0 Å². The number of aromatic nitrogens is 5. The van der Waals surface area contributed by atoms with Crippen LogP contribution in [0, 0.1) is 5.92 Å². The lowest BCUT2D eigenvalue weighted by Gasteiger charge is -2.36. The van der Waals surface area contributed by atoms with Crippen LogP contribution in [0.4, 0.5) is 5.82 Å². The number of nitrogens with one attached hydrogen (secondary N) is 2. The van der Waals surface area contributed by atoms with E-state index in [1.165, 1.54) is 0 Å². The number of aromatic hydroxyl groups is 1. The quantitative estimate of drug-likeness (QED) is 0.532. The first kappa shape index (κ1) is 24.6. The molecule has 1 aliphatic rings. The predicted molar refractivity (Wildman–Crippen MR) is 128 cm³/mol. The van der Waals surface area contributed by atoms with Crippen molar-refractivity contribution in [3.8, 4) is 17.1 Å². The van der Waals surface area contributed by atoms with E-state index >= 15 is 0 Å². The minimum absolute atomic E-state index is 0. The van der Waals surface area contributed by atoms with Crippen LogP contribution >= 0.6 is 24.8 Å². The first-order valence-corrected chi connectivity index (χ1v) is 9.78. The molecule has 0 amide bonds. The summed E-state index contributed by atoms with van der Waals surface area (Å²) in [6.45, 7) is 7.19. The topological polar surface area (TPSA) is 103 Å². The SMILES string of the molecule is CC(C)C1CN(c2ccc(-c3ncc(/C=C/c4cn[nH]c4)cc3O)nn2)CCN1.Cl.Cl. The smallest absolute Gasteiger partial charge is 0.151 e. The van der Waals surface area contributed by atoms with Gasteiger partial charge in [-0.2, -0.15) is 5.10 Å². The number of H-pyrrole nitrogens is 1. The van der Waals surface area contributed by atoms with Gasteiger partial charge in [-0.05, 0) is 29.7 Å². The molecular weight excluding hydrogens is 437 g/mol. The van der Waals surface area contributed by atoms with E-state index in [0.29, 0.717) is 23.3 Å². The zero-order valence-corrected chi connectivity index (χ0v) is 19.0. The van der Waals surface area contributed by atoms with Gasteiger partial charge in [-0.1, -0.05) is 26.0 Å². The Labute approximate surface area is 194 Å². The molecule has 0 radical (unpaired) electrons. The Morgan fingerprint density at radius 2 is 1.94 bits per heavy atom. The molecule has 10 heteroatoms. The van der Waals surface area contributed by atoms with Crippen LogP contribution in [0.2, 0.25) is 0 Å². The molecule has 1 aliphatic heterocycles. The van der Waals surface area contributed by atoms with Crippen molar-refractivity contribution in [1.82, 2.24) is 30.7 Å². The number of rotatable bonds is 5. The lowest BCUT2D eigenvalue weighted by atomic mass is 10.0. The minimum Gasteiger partial charge on any atom is -0.506 e. The molecule has 31 heavy (non-hydrogen) atoms. The van der Waals surface area contributed by atoms with Crippen LogP contribution in [-0.4, -0.2) is 56.2 Å². The van der Waals surface area contributed by atoms with Crippen LogP contribution in [-0.2, 0) is 0 Å². The molecule has 1 saturated heterocycles. The highest BCUT2D eigenvalue weighted by atomic mass is 35.5. The van der Waals surface area contributed by atoms with Gasteiger partial charge in [0, 0.05) is 43.6 Å². The lowest BCUT2D eigenvalue weighted by molar-refractivity contribution is 0.367. The predicted octanol–water partition coefficient (Wildman–Crippen LogP) is 3.42. The molecule has 4 heterocycles. The second-order valence-corrected chi connectivity index (χ2v) is 7.53. The standard InChI is InChI=1S/C21H25N7O.2ClH/c1-14(2)18-13-28(8-7-22-18)20-6-5-17(26-27-20)21-19(29)9-15(10-23-21)3-4-16-11-24-25-12-16;;/h3-6,9-12,14,18,22,29H,7-8,13H2,1-2H3,(H,24,25);2*1H/b4-3+;;. The third-order valence-electron chi connectivity index (χ3n) is 5.10. The zero-order chi connectivity index (χ0) is 20.2. The van der Waals surface area contributed by atoms with Gasteiger partial charge < -0.3 is 15.3 Å². The maximum atomic E-state index is 10.4. The van der Waals surface area contributed by atoms with Crippen molar-refractivity contribution < 1.29 is 5.11 Å². The Hall–Kier alpha value is -2.68. The number of anilines is 1. The summed E-state index contributed by atoms with van der Waals surface area (Å²) in [5.41, 5.74) is 2.71. The Bertz CT molecular complexity index is 978. The van der Waals surface area contributed by atoms with Crippen LogP contribution in [0.25, 0.3) is 23.5 Å². The van der Waals surface area contributed by atoms with Crippen molar-refractivity contribution in [3.05, 3.63) is 47.9 Å². The van der Waals surface area contributed by atoms with E-state index in [1.807, 2.05) is 24.3 Å². The summed E-state index contributed by atoms with van der Waals surface area (Å²) in [5.74, 6) is 1.48. The maximum absolute atomic E-state index is 10.4. The summed E-state index contributed by atoms with van der Waals surface area (Å²) >= 11 is 0. The van der Waals surface area contributed by atoms with Gasteiger partial charge in [-0.25, -0.2) is 4.98 Å². The molecule has 8 nitrogen and oxygen atoms in total. The molecule has 0 bridgehead atoms. The molecule has 3 N–H and O–H groups in total. The summed E-state index contributed by atoms with van der Waals surface area (Å²) in [5, 5.41) is 29.3. The van der Waals surface area contributed by atoms with Crippen LogP contribution in [0.5, 0.6) is 5.75 Å². The van der Waals surface area contributed by atoms with Crippen molar-refractivity contribution in [1.29, 1.82) is 0 Å². The van der Waals surface area contributed by atoms with Crippen molar-refractivity contribution in [3.63, 3.8) is 0 Å². The molecule has 3 aromatic rings. The fourth-order valence-electron chi connectivity index (χ4n) is 3.35. The molecule has 0 spiro atoms. The maximum Gasteiger partial charge on any atom is 0.151 e. The Kier molecular flexibility index (Phi) is 8.79. The van der Waals surface area contributed by atoms with E-state index in [-0.39, 0.29) is 30.6 Å². The largest absolute Gasteiger partial charge is 0.506 e. The highest BCUT2D eigenvalue weighted by Crippen LogP contribution is 2.27. The molecule has 1 atom stereocenters. The van der Waals surface area contributed by atoms with Crippen LogP contribution < -0.4 is 10.2 Å². The van der Waals surface area contributed by atoms with E-state index in [9.17, 15) is 5.11 Å². The molecule has 0 aromatic carbocycles. The zero-order valence-electron chi connectivity index (χ0n) is 17.4. The number of pyridine rings is 1. The monoisotopic (exact) mass is 463 g/mol. The fourth-order valence-corrected chi connectivity index (χ4v) is 3.35. The van der Waals surface area contributed by atoms with Gasteiger partial charge in [0.05, 0.1) is 6.20 Å². The van der Waals surface area contributed by atoms with Gasteiger partial charge in [0.2, 0.25) is 0 Å². The highest BCUT2D eigenvalue weighted by molar-refractivity contribution is 5.85. The molecule has 0 saturated carbocycles. The lowest BCUT2D eigenvalue weighted by Crippen LogP contribution is -2.53. The number of piperazine rings is 1. The second-order valence-electron chi connectivity index (χ2n) is 7.53. The van der Waals surface area contributed by atoms with Crippen molar-refractivity contribution in [2.24, 2.45) is 5.92 Å². The van der Waals surface area contributed by atoms with E-state index in [0.717, 1.165) is 36.6 Å². The average Bonchev–Trinajstić information content (AvgIpc) is 3.26. The third-order valence-corrected chi connectivity index (χ3v) is 5.10. The summed E-state index contributed by atoms with van der Waals surface area (Å²) in [6.07, 6.45) is 8.97. The number of hydrogen-bond donors (Lipinski definition) is 3. The second kappa shape index (κ2) is 11.1. The fraction of sp³-hybridized carbons (Fsp3) is 0.333. The van der Waals surface area contributed by atoms with E-state index < -0.39 is 0 Å². The first-order chi connectivity index (χ1) is 14.1. The summed E-state index contributed by atoms with van der Waals surface area (Å²) in [6, 6.07) is 5.91. The van der Waals surface area contributed by atoms with Gasteiger partial charge >= 0.3 is 0 Å². The average molecular weight is 464 g/mol. The highest BCUT2D eigenvalue weighted by Gasteiger charge is 2.23. The number of halogens is 2. The molecule has 1 fully saturated rings. The van der Waals surface area contributed by atoms with Crippen molar-refractivity contribution in [2.75, 3.05) is 24.5 Å². The molecule has 166 valence electrons. The van der Waals surface area contributed by atoms with Crippen LogP contribution in [0.15, 0.2) is 36.8 Å². The first-order valence-electron chi connectivity index (χ1n) is 9.78. The van der Waals surface area contributed by atoms with Gasteiger partial charge in [0.25, 0.3) is 0 Å². The van der Waals surface area contributed by atoms with Gasteiger partial charge in [-0.15, -0.1) is 35.0 Å². The summed E-state index contributed by atoms with van der Waals surface area (Å²) in [4.78, 5) is 6.62. The molecule has 3 aromatic heterocycles. The van der Waals surface area contributed by atoms with E-state index in [1.54, 1.807) is 24.7 Å². The van der Waals surface area contributed by atoms with Gasteiger partial charge in [-0.3, -0.25) is 5.10 Å². The Morgan fingerprint density at radius 1 is 1.13 bits per heavy atom. The summed E-state index contributed by atoms with van der Waals surface area (Å²) in [7, 11) is 0. The van der Waals surface area contributed by atoms with Crippen molar-refractivity contribution in [2.45, 2.75) is 19.9 Å². The number of nitrogens with zero attached hydrogens (tertiary/aromatic N) is 5. The van der Waals surface area contributed by atoms with Gasteiger partial charge in [0.1, 0.15) is 17.1 Å². The molecule has 4 rings (SSSR count). The van der Waals surface area contributed by atoms with Crippen LogP contribution in [0.3, 0.4) is 0 Å². The molecule has 1 unspecified atom stereocenters. The molecular formula is C21H27Cl2N7O. The minimum atomic E-state index is 0. The third kappa shape index (κ3) is 5.94. The summed E-state index contributed by atoms with van der Waals surface area (Å²) < 4.78 is 0. The van der Waals surface area contributed by atoms with E-state index in [4.69, 9.17) is 0 Å².